The molecule has 2 N–H and O–H groups in total. The van der Waals surface area contributed by atoms with E-state index in [0.29, 0.717) is 18.2 Å². The molecule has 1 aliphatic heterocycles. The van der Waals surface area contributed by atoms with Gasteiger partial charge in [-0.3, -0.25) is 0 Å². The largest absolute Gasteiger partial charge is 0.392 e. The quantitative estimate of drug-likeness (QED) is 0.664. The highest BCUT2D eigenvalue weighted by atomic mass is 16.5. The molecule has 0 aromatic carbocycles. The van der Waals surface area contributed by atoms with Crippen LogP contribution in [0.5, 0.6) is 0 Å². The highest BCUT2D eigenvalue weighted by Crippen LogP contribution is 2.22. The molecule has 1 aliphatic carbocycles. The fraction of sp³-hybridized carbons (Fsp3) is 1.00. The van der Waals surface area contributed by atoms with Gasteiger partial charge in [-0.25, -0.2) is 0 Å². The molecular weight excluding hydrogens is 166 g/mol. The first-order chi connectivity index (χ1) is 6.27. The lowest BCUT2D eigenvalue weighted by atomic mass is 10.1. The summed E-state index contributed by atoms with van der Waals surface area (Å²) in [5, 5.41) is 13.1. The van der Waals surface area contributed by atoms with E-state index < -0.39 is 0 Å². The minimum absolute atomic E-state index is 0.132. The van der Waals surface area contributed by atoms with Crippen molar-refractivity contribution in [3.05, 3.63) is 0 Å². The molecule has 4 atom stereocenters. The van der Waals surface area contributed by atoms with E-state index in [2.05, 4.69) is 12.2 Å². The Hall–Kier alpha value is -0.120. The lowest BCUT2D eigenvalue weighted by Gasteiger charge is -2.23. The van der Waals surface area contributed by atoms with Crippen LogP contribution in [0.2, 0.25) is 0 Å². The zero-order valence-corrected chi connectivity index (χ0v) is 8.20. The summed E-state index contributed by atoms with van der Waals surface area (Å²) in [6.45, 7) is 2.97. The topological polar surface area (TPSA) is 41.5 Å². The van der Waals surface area contributed by atoms with Gasteiger partial charge >= 0.3 is 0 Å². The van der Waals surface area contributed by atoms with Crippen LogP contribution >= 0.6 is 0 Å². The Bertz CT molecular complexity index is 156. The SMILES string of the molecule is CC1OCCC1NC1CCCC1O. The highest BCUT2D eigenvalue weighted by molar-refractivity contribution is 4.89. The van der Waals surface area contributed by atoms with E-state index >= 15 is 0 Å². The van der Waals surface area contributed by atoms with Crippen molar-refractivity contribution in [1.82, 2.24) is 5.32 Å². The monoisotopic (exact) mass is 185 g/mol. The van der Waals surface area contributed by atoms with Crippen LogP contribution in [-0.2, 0) is 4.74 Å². The molecule has 0 radical (unpaired) electrons. The van der Waals surface area contributed by atoms with Crippen LogP contribution in [0.25, 0.3) is 0 Å². The molecule has 2 fully saturated rings. The summed E-state index contributed by atoms with van der Waals surface area (Å²) >= 11 is 0. The van der Waals surface area contributed by atoms with Gasteiger partial charge < -0.3 is 15.2 Å². The minimum atomic E-state index is -0.132. The van der Waals surface area contributed by atoms with Crippen LogP contribution in [0.15, 0.2) is 0 Å². The summed E-state index contributed by atoms with van der Waals surface area (Å²) in [6, 6.07) is 0.770. The van der Waals surface area contributed by atoms with Gasteiger partial charge in [0.05, 0.1) is 12.2 Å². The second-order valence-corrected chi connectivity index (χ2v) is 4.24. The molecule has 2 rings (SSSR count). The van der Waals surface area contributed by atoms with E-state index in [1.165, 1.54) is 0 Å². The van der Waals surface area contributed by atoms with Gasteiger partial charge in [0.25, 0.3) is 0 Å². The smallest absolute Gasteiger partial charge is 0.0700 e. The predicted octanol–water partition coefficient (Wildman–Crippen LogP) is 0.667. The fourth-order valence-corrected chi connectivity index (χ4v) is 2.36. The van der Waals surface area contributed by atoms with Crippen LogP contribution in [0, 0.1) is 0 Å². The Labute approximate surface area is 79.5 Å². The van der Waals surface area contributed by atoms with E-state index in [4.69, 9.17) is 4.74 Å². The molecule has 13 heavy (non-hydrogen) atoms. The molecule has 1 saturated carbocycles. The average Bonchev–Trinajstić information content (AvgIpc) is 2.65. The summed E-state index contributed by atoms with van der Waals surface area (Å²) in [5.41, 5.74) is 0. The Kier molecular flexibility index (Phi) is 2.86. The van der Waals surface area contributed by atoms with Crippen molar-refractivity contribution in [2.45, 2.75) is 56.9 Å². The number of rotatable bonds is 2. The number of hydrogen-bond acceptors (Lipinski definition) is 3. The number of nitrogens with one attached hydrogen (secondary N) is 1. The van der Waals surface area contributed by atoms with E-state index in [0.717, 1.165) is 32.3 Å². The molecule has 0 spiro atoms. The van der Waals surface area contributed by atoms with Crippen molar-refractivity contribution >= 4 is 0 Å². The molecule has 3 heteroatoms. The van der Waals surface area contributed by atoms with Crippen LogP contribution in [0.4, 0.5) is 0 Å². The van der Waals surface area contributed by atoms with Gasteiger partial charge in [0.15, 0.2) is 0 Å². The summed E-state index contributed by atoms with van der Waals surface area (Å²) in [6.07, 6.45) is 4.50. The van der Waals surface area contributed by atoms with Gasteiger partial charge in [-0.1, -0.05) is 0 Å². The van der Waals surface area contributed by atoms with E-state index in [1.807, 2.05) is 0 Å². The van der Waals surface area contributed by atoms with Gasteiger partial charge in [-0.05, 0) is 32.6 Å². The second-order valence-electron chi connectivity index (χ2n) is 4.24. The summed E-state index contributed by atoms with van der Waals surface area (Å²) in [5.74, 6) is 0. The van der Waals surface area contributed by atoms with E-state index in [-0.39, 0.29) is 6.10 Å². The Morgan fingerprint density at radius 2 is 2.08 bits per heavy atom. The first-order valence-corrected chi connectivity index (χ1v) is 5.33. The summed E-state index contributed by atoms with van der Waals surface area (Å²) in [4.78, 5) is 0. The Balaban J connectivity index is 1.82. The fourth-order valence-electron chi connectivity index (χ4n) is 2.36. The zero-order valence-electron chi connectivity index (χ0n) is 8.20. The Morgan fingerprint density at radius 1 is 1.23 bits per heavy atom. The Morgan fingerprint density at radius 3 is 2.62 bits per heavy atom. The number of aliphatic hydroxyl groups excluding tert-OH is 1. The third-order valence-electron chi connectivity index (χ3n) is 3.28. The van der Waals surface area contributed by atoms with E-state index in [9.17, 15) is 5.11 Å². The molecule has 1 heterocycles. The van der Waals surface area contributed by atoms with Crippen LogP contribution in [0.3, 0.4) is 0 Å². The molecule has 76 valence electrons. The molecule has 0 aromatic heterocycles. The van der Waals surface area contributed by atoms with Gasteiger partial charge in [-0.2, -0.15) is 0 Å². The van der Waals surface area contributed by atoms with Crippen molar-refractivity contribution in [3.8, 4) is 0 Å². The zero-order chi connectivity index (χ0) is 9.26. The maximum atomic E-state index is 9.63. The molecular formula is C10H19NO2. The van der Waals surface area contributed by atoms with Crippen molar-refractivity contribution in [2.24, 2.45) is 0 Å². The maximum absolute atomic E-state index is 9.63. The van der Waals surface area contributed by atoms with Crippen LogP contribution in [0.1, 0.15) is 32.6 Å². The van der Waals surface area contributed by atoms with Gasteiger partial charge in [-0.15, -0.1) is 0 Å². The highest BCUT2D eigenvalue weighted by Gasteiger charge is 2.31. The minimum Gasteiger partial charge on any atom is -0.392 e. The standard InChI is InChI=1S/C10H19NO2/c1-7-8(5-6-13-7)11-9-3-2-4-10(9)12/h7-12H,2-6H2,1H3. The summed E-state index contributed by atoms with van der Waals surface area (Å²) < 4.78 is 5.47. The first kappa shape index (κ1) is 9.44. The molecule has 0 amide bonds. The molecule has 4 unspecified atom stereocenters. The van der Waals surface area contributed by atoms with E-state index in [1.54, 1.807) is 0 Å². The third kappa shape index (κ3) is 2.03. The average molecular weight is 185 g/mol. The van der Waals surface area contributed by atoms with Gasteiger partial charge in [0.1, 0.15) is 0 Å². The second kappa shape index (κ2) is 3.95. The van der Waals surface area contributed by atoms with Crippen LogP contribution < -0.4 is 5.32 Å². The number of hydrogen-bond donors (Lipinski definition) is 2. The van der Waals surface area contributed by atoms with Gasteiger partial charge in [0, 0.05) is 18.7 Å². The molecule has 0 bridgehead atoms. The molecule has 0 aromatic rings. The van der Waals surface area contributed by atoms with Crippen molar-refractivity contribution in [1.29, 1.82) is 0 Å². The van der Waals surface area contributed by atoms with Crippen LogP contribution in [-0.4, -0.2) is 36.0 Å². The van der Waals surface area contributed by atoms with Crippen molar-refractivity contribution in [2.75, 3.05) is 6.61 Å². The third-order valence-corrected chi connectivity index (χ3v) is 3.28. The number of aliphatic hydroxyl groups is 1. The molecule has 1 saturated heterocycles. The number of ether oxygens (including phenoxy) is 1. The van der Waals surface area contributed by atoms with Crippen molar-refractivity contribution in [3.63, 3.8) is 0 Å². The maximum Gasteiger partial charge on any atom is 0.0700 e. The summed E-state index contributed by atoms with van der Waals surface area (Å²) in [7, 11) is 0. The van der Waals surface area contributed by atoms with Crippen molar-refractivity contribution < 1.29 is 9.84 Å². The van der Waals surface area contributed by atoms with Gasteiger partial charge in [0.2, 0.25) is 0 Å². The first-order valence-electron chi connectivity index (χ1n) is 5.33. The predicted molar refractivity (Wildman–Crippen MR) is 50.6 cm³/mol. The molecule has 3 nitrogen and oxygen atoms in total. The normalized spacial score (nSPS) is 45.7. The lowest BCUT2D eigenvalue weighted by molar-refractivity contribution is 0.0984. The molecule has 2 aliphatic rings. The lowest BCUT2D eigenvalue weighted by Crippen LogP contribution is -2.45.